The van der Waals surface area contributed by atoms with Crippen molar-refractivity contribution in [1.82, 2.24) is 4.98 Å². The lowest BCUT2D eigenvalue weighted by Gasteiger charge is -2.34. The monoisotopic (exact) mass is 278 g/mol. The van der Waals surface area contributed by atoms with Gasteiger partial charge in [0.1, 0.15) is 11.9 Å². The van der Waals surface area contributed by atoms with Gasteiger partial charge in [0, 0.05) is 31.0 Å². The molecule has 0 radical (unpaired) electrons. The third-order valence-electron chi connectivity index (χ3n) is 3.77. The predicted molar refractivity (Wildman–Crippen MR) is 84.3 cm³/mol. The largest absolute Gasteiger partial charge is 0.381 e. The Bertz CT molecular complexity index is 633. The van der Waals surface area contributed by atoms with Crippen LogP contribution in [0.25, 0.3) is 0 Å². The van der Waals surface area contributed by atoms with Gasteiger partial charge < -0.3 is 10.2 Å². The van der Waals surface area contributed by atoms with Crippen molar-refractivity contribution in [1.29, 1.82) is 5.26 Å². The number of benzene rings is 1. The molecular formula is C17H18N4. The van der Waals surface area contributed by atoms with E-state index in [2.05, 4.69) is 33.4 Å². The molecule has 1 N–H and O–H groups in total. The average molecular weight is 278 g/mol. The van der Waals surface area contributed by atoms with Crippen molar-refractivity contribution in [3.05, 3.63) is 54.2 Å². The summed E-state index contributed by atoms with van der Waals surface area (Å²) in [5, 5.41) is 12.8. The van der Waals surface area contributed by atoms with Gasteiger partial charge in [0.2, 0.25) is 0 Å². The maximum atomic E-state index is 9.22. The first-order chi connectivity index (χ1) is 10.4. The molecule has 0 saturated carbocycles. The number of hydrogen-bond donors (Lipinski definition) is 1. The van der Waals surface area contributed by atoms with Crippen molar-refractivity contribution < 1.29 is 0 Å². The SMILES string of the molecule is N#Cc1cccnc1N1CCCC(Nc2ccccc2)C1. The van der Waals surface area contributed by atoms with Crippen LogP contribution in [0.1, 0.15) is 18.4 Å². The molecule has 3 rings (SSSR count). The molecule has 1 aliphatic heterocycles. The minimum atomic E-state index is 0.384. The van der Waals surface area contributed by atoms with Crippen LogP contribution in [0.3, 0.4) is 0 Å². The highest BCUT2D eigenvalue weighted by molar-refractivity contribution is 5.54. The zero-order valence-corrected chi connectivity index (χ0v) is 11.9. The maximum Gasteiger partial charge on any atom is 0.146 e. The summed E-state index contributed by atoms with van der Waals surface area (Å²) in [5.74, 6) is 0.805. The van der Waals surface area contributed by atoms with Crippen LogP contribution < -0.4 is 10.2 Å². The second kappa shape index (κ2) is 6.27. The number of pyridine rings is 1. The van der Waals surface area contributed by atoms with Gasteiger partial charge >= 0.3 is 0 Å². The molecule has 1 aliphatic rings. The highest BCUT2D eigenvalue weighted by atomic mass is 15.2. The zero-order valence-electron chi connectivity index (χ0n) is 11.9. The minimum absolute atomic E-state index is 0.384. The summed E-state index contributed by atoms with van der Waals surface area (Å²) >= 11 is 0. The molecule has 2 heterocycles. The van der Waals surface area contributed by atoms with Crippen LogP contribution in [0.5, 0.6) is 0 Å². The molecule has 1 aromatic carbocycles. The quantitative estimate of drug-likeness (QED) is 0.937. The minimum Gasteiger partial charge on any atom is -0.381 e. The van der Waals surface area contributed by atoms with Crippen molar-refractivity contribution in [3.8, 4) is 6.07 Å². The van der Waals surface area contributed by atoms with Crippen molar-refractivity contribution in [2.45, 2.75) is 18.9 Å². The molecule has 1 fully saturated rings. The molecule has 1 atom stereocenters. The van der Waals surface area contributed by atoms with Crippen LogP contribution in [0, 0.1) is 11.3 Å². The topological polar surface area (TPSA) is 52.0 Å². The fourth-order valence-corrected chi connectivity index (χ4v) is 2.79. The number of nitrogens with one attached hydrogen (secondary N) is 1. The summed E-state index contributed by atoms with van der Waals surface area (Å²) in [4.78, 5) is 6.60. The average Bonchev–Trinajstić information content (AvgIpc) is 2.56. The highest BCUT2D eigenvalue weighted by Gasteiger charge is 2.22. The number of nitrogens with zero attached hydrogens (tertiary/aromatic N) is 3. The van der Waals surface area contributed by atoms with Crippen molar-refractivity contribution >= 4 is 11.5 Å². The molecule has 0 aliphatic carbocycles. The lowest BCUT2D eigenvalue weighted by Crippen LogP contribution is -2.42. The summed E-state index contributed by atoms with van der Waals surface area (Å²) in [6, 6.07) is 16.5. The smallest absolute Gasteiger partial charge is 0.146 e. The van der Waals surface area contributed by atoms with E-state index in [0.29, 0.717) is 11.6 Å². The number of hydrogen-bond acceptors (Lipinski definition) is 4. The fourth-order valence-electron chi connectivity index (χ4n) is 2.79. The third-order valence-corrected chi connectivity index (χ3v) is 3.77. The van der Waals surface area contributed by atoms with E-state index in [9.17, 15) is 5.26 Å². The number of rotatable bonds is 3. The van der Waals surface area contributed by atoms with Crippen LogP contribution in [0.2, 0.25) is 0 Å². The van der Waals surface area contributed by atoms with Gasteiger partial charge in [-0.05, 0) is 37.1 Å². The first kappa shape index (κ1) is 13.4. The van der Waals surface area contributed by atoms with Crippen molar-refractivity contribution in [2.24, 2.45) is 0 Å². The Morgan fingerprint density at radius 2 is 2.05 bits per heavy atom. The maximum absolute atomic E-state index is 9.22. The van der Waals surface area contributed by atoms with E-state index < -0.39 is 0 Å². The summed E-state index contributed by atoms with van der Waals surface area (Å²) < 4.78 is 0. The van der Waals surface area contributed by atoms with E-state index >= 15 is 0 Å². The summed E-state index contributed by atoms with van der Waals surface area (Å²) in [6.07, 6.45) is 4.00. The summed E-state index contributed by atoms with van der Waals surface area (Å²) in [7, 11) is 0. The first-order valence-electron chi connectivity index (χ1n) is 7.28. The number of para-hydroxylation sites is 1. The molecule has 2 aromatic rings. The fraction of sp³-hybridized carbons (Fsp3) is 0.294. The Hall–Kier alpha value is -2.54. The first-order valence-corrected chi connectivity index (χ1v) is 7.28. The van der Waals surface area contributed by atoms with E-state index in [4.69, 9.17) is 0 Å². The third kappa shape index (κ3) is 3.14. The molecule has 1 saturated heterocycles. The normalized spacial score (nSPS) is 18.0. The van der Waals surface area contributed by atoms with Crippen LogP contribution in [-0.2, 0) is 0 Å². The van der Waals surface area contributed by atoms with Gasteiger partial charge in [-0.3, -0.25) is 0 Å². The van der Waals surface area contributed by atoms with Gasteiger partial charge in [-0.1, -0.05) is 18.2 Å². The van der Waals surface area contributed by atoms with Crippen LogP contribution in [0.4, 0.5) is 11.5 Å². The number of anilines is 2. The number of aromatic nitrogens is 1. The molecule has 4 heteroatoms. The van der Waals surface area contributed by atoms with E-state index in [1.54, 1.807) is 6.20 Å². The standard InChI is InChI=1S/C17H18N4/c18-12-14-6-4-10-19-17(14)21-11-5-9-16(13-21)20-15-7-2-1-3-8-15/h1-4,6-8,10,16,20H,5,9,11,13H2. The zero-order chi connectivity index (χ0) is 14.5. The van der Waals surface area contributed by atoms with E-state index in [1.165, 1.54) is 0 Å². The van der Waals surface area contributed by atoms with Crippen LogP contribution >= 0.6 is 0 Å². The van der Waals surface area contributed by atoms with E-state index in [0.717, 1.165) is 37.4 Å². The molecule has 1 unspecified atom stereocenters. The van der Waals surface area contributed by atoms with Gasteiger partial charge in [0.15, 0.2) is 0 Å². The van der Waals surface area contributed by atoms with Gasteiger partial charge in [-0.25, -0.2) is 4.98 Å². The molecule has 106 valence electrons. The Kier molecular flexibility index (Phi) is 4.02. The Morgan fingerprint density at radius 1 is 1.19 bits per heavy atom. The van der Waals surface area contributed by atoms with Crippen LogP contribution in [-0.4, -0.2) is 24.1 Å². The molecule has 4 nitrogen and oxygen atoms in total. The Labute approximate surface area is 125 Å². The Balaban J connectivity index is 1.73. The molecule has 1 aromatic heterocycles. The van der Waals surface area contributed by atoms with Crippen LogP contribution in [0.15, 0.2) is 48.7 Å². The van der Waals surface area contributed by atoms with Gasteiger partial charge in [-0.15, -0.1) is 0 Å². The van der Waals surface area contributed by atoms with Gasteiger partial charge in [-0.2, -0.15) is 5.26 Å². The molecule has 0 amide bonds. The molecule has 0 spiro atoms. The van der Waals surface area contributed by atoms with Gasteiger partial charge in [0.05, 0.1) is 5.56 Å². The Morgan fingerprint density at radius 3 is 2.86 bits per heavy atom. The molecular weight excluding hydrogens is 260 g/mol. The van der Waals surface area contributed by atoms with E-state index in [-0.39, 0.29) is 0 Å². The summed E-state index contributed by atoms with van der Waals surface area (Å²) in [6.45, 7) is 1.83. The highest BCUT2D eigenvalue weighted by Crippen LogP contribution is 2.22. The lowest BCUT2D eigenvalue weighted by molar-refractivity contribution is 0.526. The second-order valence-corrected chi connectivity index (χ2v) is 5.28. The summed E-state index contributed by atoms with van der Waals surface area (Å²) in [5.41, 5.74) is 1.80. The number of nitriles is 1. The van der Waals surface area contributed by atoms with Gasteiger partial charge in [0.25, 0.3) is 0 Å². The van der Waals surface area contributed by atoms with E-state index in [1.807, 2.05) is 30.3 Å². The molecule has 21 heavy (non-hydrogen) atoms. The number of piperidine rings is 1. The van der Waals surface area contributed by atoms with Crippen molar-refractivity contribution in [2.75, 3.05) is 23.3 Å². The molecule has 0 bridgehead atoms. The second-order valence-electron chi connectivity index (χ2n) is 5.28. The predicted octanol–water partition coefficient (Wildman–Crippen LogP) is 3.03. The lowest BCUT2D eigenvalue weighted by atomic mass is 10.0. The van der Waals surface area contributed by atoms with Crippen molar-refractivity contribution in [3.63, 3.8) is 0 Å².